The summed E-state index contributed by atoms with van der Waals surface area (Å²) in [6.07, 6.45) is 0. The summed E-state index contributed by atoms with van der Waals surface area (Å²) in [4.78, 5) is 23.2. The van der Waals surface area contributed by atoms with E-state index in [2.05, 4.69) is 97.9 Å². The molecule has 0 aliphatic heterocycles. The lowest BCUT2D eigenvalue weighted by molar-refractivity contribution is -0.310. The molecule has 0 heterocycles. The lowest BCUT2D eigenvalue weighted by Gasteiger charge is -2.33. The van der Waals surface area contributed by atoms with Crippen LogP contribution in [0.2, 0.25) is 0 Å². The van der Waals surface area contributed by atoms with Crippen LogP contribution in [0.5, 0.6) is 5.75 Å². The minimum Gasteiger partial charge on any atom is -0.810 e. The Balaban J connectivity index is 2.44. The van der Waals surface area contributed by atoms with Gasteiger partial charge in [-0.1, -0.05) is 110 Å². The van der Waals surface area contributed by atoms with Gasteiger partial charge in [0.2, 0.25) is 0 Å². The van der Waals surface area contributed by atoms with E-state index in [9.17, 15) is 9.79 Å². The second kappa shape index (κ2) is 8.98. The predicted molar refractivity (Wildman–Crippen MR) is 132 cm³/mol. The molecule has 3 aromatic carbocycles. The van der Waals surface area contributed by atoms with E-state index in [1.54, 1.807) is 6.07 Å². The summed E-state index contributed by atoms with van der Waals surface area (Å²) in [5.74, 6) is 0.355. The first kappa shape index (κ1) is 24.5. The van der Waals surface area contributed by atoms with Gasteiger partial charge in [-0.05, 0) is 58.6 Å². The topological polar surface area (TPSA) is 55.3 Å². The van der Waals surface area contributed by atoms with Crippen molar-refractivity contribution in [2.45, 2.75) is 66.2 Å². The van der Waals surface area contributed by atoms with Gasteiger partial charge in [-0.3, -0.25) is 0 Å². The highest BCUT2D eigenvalue weighted by Crippen LogP contribution is 2.47. The van der Waals surface area contributed by atoms with Crippen LogP contribution in [0.4, 0.5) is 0 Å². The van der Waals surface area contributed by atoms with E-state index in [-0.39, 0.29) is 10.8 Å². The minimum atomic E-state index is -3.04. The number of benzene rings is 3. The average molecular weight is 449 g/mol. The molecular weight excluding hydrogens is 415 g/mol. The van der Waals surface area contributed by atoms with Gasteiger partial charge in [0.15, 0.2) is 0 Å². The van der Waals surface area contributed by atoms with Crippen molar-refractivity contribution in [3.8, 4) is 28.0 Å². The lowest BCUT2D eigenvalue weighted by atomic mass is 9.77. The van der Waals surface area contributed by atoms with Crippen LogP contribution in [0, 0.1) is 13.8 Å². The van der Waals surface area contributed by atoms with Gasteiger partial charge in [-0.2, -0.15) is 0 Å². The smallest absolute Gasteiger partial charge is 0.128 e. The van der Waals surface area contributed by atoms with Gasteiger partial charge in [-0.15, -0.1) is 0 Å². The zero-order valence-corrected chi connectivity index (χ0v) is 21.3. The number of hydrogen-bond acceptors (Lipinski definition) is 3. The Labute approximate surface area is 194 Å². The van der Waals surface area contributed by atoms with E-state index >= 15 is 0 Å². The largest absolute Gasteiger partial charge is 0.810 e. The maximum Gasteiger partial charge on any atom is 0.128 e. The quantitative estimate of drug-likeness (QED) is 0.425. The molecule has 0 unspecified atom stereocenters. The van der Waals surface area contributed by atoms with Crippen molar-refractivity contribution in [2.75, 3.05) is 0 Å². The summed E-state index contributed by atoms with van der Waals surface area (Å²) in [6, 6.07) is 18.5. The average Bonchev–Trinajstić information content (AvgIpc) is 2.66. The van der Waals surface area contributed by atoms with Crippen LogP contribution in [0.1, 0.15) is 63.8 Å². The Hall–Kier alpha value is -2.19. The van der Waals surface area contributed by atoms with Crippen LogP contribution in [-0.4, -0.2) is 0 Å². The number of hydrogen-bond donors (Lipinski definition) is 0. The normalized spacial score (nSPS) is 12.3. The summed E-state index contributed by atoms with van der Waals surface area (Å²) in [6.45, 7) is 17.3. The molecule has 0 amide bonds. The molecule has 3 rings (SSSR count). The first-order valence-electron chi connectivity index (χ1n) is 11.0. The SMILES string of the molecule is Cc1ccc(-c2cccc(OP([O-])[O-])c2-c2ccc(C)cc2C(C)(C)C)c(C(C)(C)C)c1. The fraction of sp³-hybridized carbons (Fsp3) is 0.357. The molecule has 0 saturated carbocycles. The molecular formula is C28H33O3P-2. The monoisotopic (exact) mass is 448 g/mol. The molecule has 0 aromatic heterocycles. The molecule has 0 atom stereocenters. The van der Waals surface area contributed by atoms with E-state index in [1.165, 1.54) is 16.7 Å². The highest BCUT2D eigenvalue weighted by molar-refractivity contribution is 7.36. The predicted octanol–water partition coefficient (Wildman–Crippen LogP) is 6.56. The van der Waals surface area contributed by atoms with Gasteiger partial charge >= 0.3 is 0 Å². The second-order valence-corrected chi connectivity index (χ2v) is 11.2. The van der Waals surface area contributed by atoms with E-state index in [4.69, 9.17) is 4.52 Å². The Morgan fingerprint density at radius 1 is 0.656 bits per heavy atom. The third-order valence-electron chi connectivity index (χ3n) is 5.72. The lowest BCUT2D eigenvalue weighted by Crippen LogP contribution is -2.16. The first-order valence-corrected chi connectivity index (χ1v) is 12.1. The van der Waals surface area contributed by atoms with Crippen LogP contribution in [-0.2, 0) is 10.8 Å². The Bertz CT molecular complexity index is 1120. The molecule has 0 radical (unpaired) electrons. The third-order valence-corrected chi connectivity index (χ3v) is 6.07. The van der Waals surface area contributed by atoms with Gasteiger partial charge in [0.1, 0.15) is 5.75 Å². The molecule has 0 bridgehead atoms. The Kier molecular flexibility index (Phi) is 6.86. The van der Waals surface area contributed by atoms with Gasteiger partial charge < -0.3 is 14.3 Å². The van der Waals surface area contributed by atoms with E-state index < -0.39 is 8.60 Å². The first-order chi connectivity index (χ1) is 14.8. The van der Waals surface area contributed by atoms with Gasteiger partial charge in [0.25, 0.3) is 0 Å². The van der Waals surface area contributed by atoms with Crippen molar-refractivity contribution in [1.82, 2.24) is 0 Å². The van der Waals surface area contributed by atoms with Crippen molar-refractivity contribution >= 4 is 8.60 Å². The molecule has 3 nitrogen and oxygen atoms in total. The number of rotatable bonds is 4. The molecule has 3 aromatic rings. The molecule has 0 fully saturated rings. The van der Waals surface area contributed by atoms with Crippen LogP contribution in [0.25, 0.3) is 22.3 Å². The summed E-state index contributed by atoms with van der Waals surface area (Å²) in [5, 5.41) is 0. The van der Waals surface area contributed by atoms with Crippen molar-refractivity contribution in [3.63, 3.8) is 0 Å². The summed E-state index contributed by atoms with van der Waals surface area (Å²) in [5.41, 5.74) is 8.37. The standard InChI is InChI=1S/C28H33O3P/c1-18-12-14-20(23(16-18)27(3,4)5)21-10-9-11-25(31-32(29)30)26(21)22-15-13-19(2)17-24(22)28(6,7)8/h9-17H,1-8H3/q-2. The minimum absolute atomic E-state index is 0.0840. The van der Waals surface area contributed by atoms with E-state index in [0.29, 0.717) is 5.75 Å². The Morgan fingerprint density at radius 3 is 1.66 bits per heavy atom. The number of aryl methyl sites for hydroxylation is 2. The molecule has 4 heteroatoms. The summed E-state index contributed by atoms with van der Waals surface area (Å²) in [7, 11) is -3.04. The highest BCUT2D eigenvalue weighted by atomic mass is 31.2. The molecule has 0 saturated heterocycles. The molecule has 32 heavy (non-hydrogen) atoms. The van der Waals surface area contributed by atoms with Crippen LogP contribution < -0.4 is 14.3 Å². The van der Waals surface area contributed by atoms with Gasteiger partial charge in [0, 0.05) is 5.56 Å². The van der Waals surface area contributed by atoms with E-state index in [0.717, 1.165) is 27.8 Å². The summed E-state index contributed by atoms with van der Waals surface area (Å²) < 4.78 is 5.36. The van der Waals surface area contributed by atoms with Crippen molar-refractivity contribution in [2.24, 2.45) is 0 Å². The maximum atomic E-state index is 11.6. The van der Waals surface area contributed by atoms with E-state index in [1.807, 2.05) is 6.07 Å². The van der Waals surface area contributed by atoms with Crippen molar-refractivity contribution < 1.29 is 14.3 Å². The van der Waals surface area contributed by atoms with Gasteiger partial charge in [-0.25, -0.2) is 0 Å². The molecule has 0 aliphatic carbocycles. The Morgan fingerprint density at radius 2 is 1.16 bits per heavy atom. The van der Waals surface area contributed by atoms with Crippen molar-refractivity contribution in [1.29, 1.82) is 0 Å². The fourth-order valence-corrected chi connectivity index (χ4v) is 4.51. The van der Waals surface area contributed by atoms with Crippen molar-refractivity contribution in [3.05, 3.63) is 76.9 Å². The fourth-order valence-electron chi connectivity index (χ4n) is 4.20. The molecule has 0 aliphatic rings. The zero-order chi connectivity index (χ0) is 23.8. The van der Waals surface area contributed by atoms with Crippen LogP contribution >= 0.6 is 8.60 Å². The maximum absolute atomic E-state index is 11.6. The third kappa shape index (κ3) is 5.23. The molecule has 0 spiro atoms. The highest BCUT2D eigenvalue weighted by Gasteiger charge is 2.26. The van der Waals surface area contributed by atoms with Crippen LogP contribution in [0.3, 0.4) is 0 Å². The van der Waals surface area contributed by atoms with Gasteiger partial charge in [0.05, 0.1) is 0 Å². The molecule has 170 valence electrons. The molecule has 0 N–H and O–H groups in total. The zero-order valence-electron chi connectivity index (χ0n) is 20.4. The van der Waals surface area contributed by atoms with Crippen LogP contribution in [0.15, 0.2) is 54.6 Å². The second-order valence-electron chi connectivity index (χ2n) is 10.6. The summed E-state index contributed by atoms with van der Waals surface area (Å²) >= 11 is 0.